The number of allylic oxidation sites excluding steroid dienone is 1. The summed E-state index contributed by atoms with van der Waals surface area (Å²) in [6, 6.07) is 9.20. The van der Waals surface area contributed by atoms with Crippen molar-refractivity contribution in [1.82, 2.24) is 9.55 Å². The number of nitrogens with zero attached hydrogens (tertiary/aromatic N) is 2. The van der Waals surface area contributed by atoms with Crippen LogP contribution in [-0.2, 0) is 19.6 Å². The van der Waals surface area contributed by atoms with E-state index in [0.717, 1.165) is 55.4 Å². The van der Waals surface area contributed by atoms with Gasteiger partial charge in [-0.05, 0) is 62.5 Å². The highest BCUT2D eigenvalue weighted by molar-refractivity contribution is 5.28. The van der Waals surface area contributed by atoms with Crippen molar-refractivity contribution in [2.75, 3.05) is 0 Å². The Kier molecular flexibility index (Phi) is 7.71. The van der Waals surface area contributed by atoms with Crippen LogP contribution >= 0.6 is 0 Å². The number of imidazole rings is 1. The Bertz CT molecular complexity index is 797. The molecule has 1 saturated carbocycles. The van der Waals surface area contributed by atoms with Crippen LogP contribution in [0.15, 0.2) is 36.4 Å². The van der Waals surface area contributed by atoms with E-state index < -0.39 is 0 Å². The molecule has 158 valence electrons. The van der Waals surface area contributed by atoms with Crippen molar-refractivity contribution in [3.8, 4) is 0 Å². The van der Waals surface area contributed by atoms with Gasteiger partial charge in [-0.25, -0.2) is 4.98 Å². The zero-order chi connectivity index (χ0) is 20.8. The van der Waals surface area contributed by atoms with Crippen LogP contribution in [0.1, 0.15) is 93.1 Å². The van der Waals surface area contributed by atoms with Crippen LogP contribution in [0.2, 0.25) is 0 Å². The smallest absolute Gasteiger partial charge is 0.109 e. The van der Waals surface area contributed by atoms with E-state index >= 15 is 0 Å². The zero-order valence-electron chi connectivity index (χ0n) is 18.6. The molecule has 0 spiro atoms. The molecular formula is C26H38N2O. The lowest BCUT2D eigenvalue weighted by atomic mass is 9.81. The lowest BCUT2D eigenvalue weighted by Gasteiger charge is -2.24. The van der Waals surface area contributed by atoms with Crippen LogP contribution in [0.5, 0.6) is 0 Å². The monoisotopic (exact) mass is 394 g/mol. The molecular weight excluding hydrogens is 356 g/mol. The number of rotatable bonds is 10. The molecule has 1 aromatic carbocycles. The number of aryl methyl sites for hydroxylation is 2. The Morgan fingerprint density at radius 3 is 2.52 bits per heavy atom. The molecule has 1 aliphatic rings. The summed E-state index contributed by atoms with van der Waals surface area (Å²) < 4.78 is 2.22. The van der Waals surface area contributed by atoms with E-state index in [9.17, 15) is 5.11 Å². The van der Waals surface area contributed by atoms with Gasteiger partial charge in [0.2, 0.25) is 0 Å². The summed E-state index contributed by atoms with van der Waals surface area (Å²) in [7, 11) is 0. The topological polar surface area (TPSA) is 38.0 Å². The molecule has 1 fully saturated rings. The van der Waals surface area contributed by atoms with Crippen LogP contribution in [-0.4, -0.2) is 14.7 Å². The lowest BCUT2D eigenvalue weighted by Crippen LogP contribution is -2.12. The maximum Gasteiger partial charge on any atom is 0.109 e. The first-order chi connectivity index (χ1) is 14.0. The van der Waals surface area contributed by atoms with E-state index in [0.29, 0.717) is 5.92 Å². The van der Waals surface area contributed by atoms with Crippen LogP contribution in [0.25, 0.3) is 0 Å². The average Bonchev–Trinajstić information content (AvgIpc) is 3.33. The van der Waals surface area contributed by atoms with Crippen molar-refractivity contribution in [3.05, 3.63) is 64.8 Å². The third-order valence-electron chi connectivity index (χ3n) is 6.54. The minimum atomic E-state index is 0.0470. The fourth-order valence-electron chi connectivity index (χ4n) is 4.93. The maximum absolute atomic E-state index is 9.87. The molecule has 1 aromatic heterocycles. The number of unbranched alkanes of at least 4 members (excludes halogenated alkanes) is 1. The van der Waals surface area contributed by atoms with Gasteiger partial charge in [-0.1, -0.05) is 56.0 Å². The molecule has 3 rings (SSSR count). The van der Waals surface area contributed by atoms with Crippen molar-refractivity contribution in [2.24, 2.45) is 5.92 Å². The van der Waals surface area contributed by atoms with Crippen LogP contribution in [0, 0.1) is 12.8 Å². The highest BCUT2D eigenvalue weighted by Crippen LogP contribution is 2.40. The molecule has 2 aromatic rings. The van der Waals surface area contributed by atoms with Crippen LogP contribution in [0.3, 0.4) is 0 Å². The minimum Gasteiger partial charge on any atom is -0.390 e. The molecule has 0 radical (unpaired) electrons. The van der Waals surface area contributed by atoms with Gasteiger partial charge < -0.3 is 9.67 Å². The second-order valence-corrected chi connectivity index (χ2v) is 8.96. The number of aliphatic hydroxyl groups excluding tert-OH is 1. The summed E-state index contributed by atoms with van der Waals surface area (Å²) in [5, 5.41) is 9.87. The molecule has 1 heterocycles. The molecule has 3 heteroatoms. The normalized spacial score (nSPS) is 15.7. The van der Waals surface area contributed by atoms with Crippen molar-refractivity contribution in [1.29, 1.82) is 0 Å². The predicted octanol–water partition coefficient (Wildman–Crippen LogP) is 6.31. The van der Waals surface area contributed by atoms with E-state index in [4.69, 9.17) is 4.98 Å². The van der Waals surface area contributed by atoms with Gasteiger partial charge in [-0.3, -0.25) is 0 Å². The van der Waals surface area contributed by atoms with E-state index in [1.54, 1.807) is 0 Å². The van der Waals surface area contributed by atoms with E-state index in [-0.39, 0.29) is 6.61 Å². The summed E-state index contributed by atoms with van der Waals surface area (Å²) in [6.45, 7) is 11.4. The fraction of sp³-hybridized carbons (Fsp3) is 0.577. The van der Waals surface area contributed by atoms with Crippen molar-refractivity contribution < 1.29 is 5.11 Å². The van der Waals surface area contributed by atoms with Gasteiger partial charge >= 0.3 is 0 Å². The van der Waals surface area contributed by atoms with Gasteiger partial charge in [0.25, 0.3) is 0 Å². The molecule has 0 bridgehead atoms. The number of aliphatic hydroxyl groups is 1. The first-order valence-electron chi connectivity index (χ1n) is 11.4. The average molecular weight is 395 g/mol. The van der Waals surface area contributed by atoms with Crippen LogP contribution in [0.4, 0.5) is 0 Å². The van der Waals surface area contributed by atoms with Crippen LogP contribution < -0.4 is 0 Å². The molecule has 1 atom stereocenters. The second kappa shape index (κ2) is 10.2. The Balaban J connectivity index is 1.80. The Hall–Kier alpha value is -1.87. The Morgan fingerprint density at radius 2 is 1.93 bits per heavy atom. The number of aromatic nitrogens is 2. The van der Waals surface area contributed by atoms with E-state index in [1.807, 2.05) is 6.92 Å². The van der Waals surface area contributed by atoms with Gasteiger partial charge in [-0.2, -0.15) is 0 Å². The van der Waals surface area contributed by atoms with Gasteiger partial charge in [0.1, 0.15) is 5.82 Å². The molecule has 1 aliphatic carbocycles. The quantitative estimate of drug-likeness (QED) is 0.479. The third kappa shape index (κ3) is 5.39. The van der Waals surface area contributed by atoms with Gasteiger partial charge in [0, 0.05) is 13.0 Å². The fourth-order valence-corrected chi connectivity index (χ4v) is 4.93. The molecule has 0 saturated heterocycles. The van der Waals surface area contributed by atoms with Gasteiger partial charge in [0.15, 0.2) is 0 Å². The summed E-state index contributed by atoms with van der Waals surface area (Å²) >= 11 is 0. The first kappa shape index (κ1) is 21.8. The lowest BCUT2D eigenvalue weighted by molar-refractivity contribution is 0.270. The largest absolute Gasteiger partial charge is 0.390 e. The maximum atomic E-state index is 9.87. The molecule has 0 amide bonds. The number of hydrogen-bond donors (Lipinski definition) is 1. The number of benzene rings is 1. The van der Waals surface area contributed by atoms with Gasteiger partial charge in [0.05, 0.1) is 18.0 Å². The highest BCUT2D eigenvalue weighted by Gasteiger charge is 2.26. The van der Waals surface area contributed by atoms with Gasteiger partial charge in [-0.15, -0.1) is 6.58 Å². The molecule has 1 unspecified atom stereocenters. The summed E-state index contributed by atoms with van der Waals surface area (Å²) in [5.41, 5.74) is 5.93. The predicted molar refractivity (Wildman–Crippen MR) is 121 cm³/mol. The van der Waals surface area contributed by atoms with Crippen molar-refractivity contribution in [3.63, 3.8) is 0 Å². The number of hydrogen-bond acceptors (Lipinski definition) is 2. The van der Waals surface area contributed by atoms with E-state index in [2.05, 4.69) is 49.3 Å². The molecule has 0 aliphatic heterocycles. The standard InChI is InChI=1S/C26H38N2O/c1-5-6-11-26-27-20(4)25(18-29)28(26)17-21-12-14-23(15-13-21)24(16-19(2)3)22-9-7-8-10-22/h12-15,22,24,29H,2,5-11,16-18H2,1,3-4H3. The third-order valence-corrected chi connectivity index (χ3v) is 6.54. The summed E-state index contributed by atoms with van der Waals surface area (Å²) in [4.78, 5) is 4.74. The molecule has 1 N–H and O–H groups in total. The summed E-state index contributed by atoms with van der Waals surface area (Å²) in [5.74, 6) is 2.51. The van der Waals surface area contributed by atoms with Crippen molar-refractivity contribution in [2.45, 2.75) is 91.2 Å². The zero-order valence-corrected chi connectivity index (χ0v) is 18.6. The van der Waals surface area contributed by atoms with E-state index in [1.165, 1.54) is 42.4 Å². The summed E-state index contributed by atoms with van der Waals surface area (Å²) in [6.07, 6.45) is 9.81. The molecule has 3 nitrogen and oxygen atoms in total. The van der Waals surface area contributed by atoms with Crippen molar-refractivity contribution >= 4 is 0 Å². The minimum absolute atomic E-state index is 0.0470. The molecule has 29 heavy (non-hydrogen) atoms. The first-order valence-corrected chi connectivity index (χ1v) is 11.4. The Labute approximate surface area is 176 Å². The SMILES string of the molecule is C=C(C)CC(c1ccc(Cn2c(CCCC)nc(C)c2CO)cc1)C1CCCC1. The Morgan fingerprint density at radius 1 is 1.24 bits per heavy atom. The second-order valence-electron chi connectivity index (χ2n) is 8.96. The highest BCUT2D eigenvalue weighted by atomic mass is 16.3.